The van der Waals surface area contributed by atoms with Crippen molar-refractivity contribution in [1.82, 2.24) is 4.98 Å². The van der Waals surface area contributed by atoms with Gasteiger partial charge in [-0.3, -0.25) is 4.98 Å². The van der Waals surface area contributed by atoms with E-state index in [2.05, 4.69) is 4.98 Å². The van der Waals surface area contributed by atoms with Gasteiger partial charge in [-0.1, -0.05) is 0 Å². The van der Waals surface area contributed by atoms with Gasteiger partial charge in [0.1, 0.15) is 5.75 Å². The Hall–Kier alpha value is -1.17. The lowest BCUT2D eigenvalue weighted by Crippen LogP contribution is -2.22. The van der Waals surface area contributed by atoms with E-state index in [4.69, 9.17) is 16.6 Å². The smallest absolute Gasteiger partial charge is 0.141 e. The molecule has 14 heavy (non-hydrogen) atoms. The number of nitrogens with zero attached hydrogens (tertiary/aromatic N) is 1. The molecule has 0 aliphatic rings. The second kappa shape index (κ2) is 4.36. The summed E-state index contributed by atoms with van der Waals surface area (Å²) < 4.78 is 0. The highest BCUT2D eigenvalue weighted by Crippen LogP contribution is 2.28. The Labute approximate surface area is 82.4 Å². The van der Waals surface area contributed by atoms with Crippen molar-refractivity contribution in [1.29, 1.82) is 0 Å². The molecule has 6 N–H and O–H groups in total. The first-order valence-corrected chi connectivity index (χ1v) is 4.35. The highest BCUT2D eigenvalue weighted by atomic mass is 16.3. The van der Waals surface area contributed by atoms with Crippen molar-refractivity contribution in [2.24, 2.45) is 11.5 Å². The Kier molecular flexibility index (Phi) is 3.40. The third-order valence-corrected chi connectivity index (χ3v) is 2.15. The van der Waals surface area contributed by atoms with E-state index in [0.29, 0.717) is 16.8 Å². The summed E-state index contributed by atoms with van der Waals surface area (Å²) in [4.78, 5) is 3.92. The average molecular weight is 197 g/mol. The van der Waals surface area contributed by atoms with E-state index >= 15 is 0 Å². The van der Waals surface area contributed by atoms with Crippen molar-refractivity contribution in [3.63, 3.8) is 0 Å². The Morgan fingerprint density at radius 1 is 1.57 bits per heavy atom. The second-order valence-corrected chi connectivity index (χ2v) is 3.13. The molecule has 5 nitrogen and oxygen atoms in total. The first-order valence-electron chi connectivity index (χ1n) is 4.35. The SMILES string of the molecule is Cc1ncc(CO)c([C@@H](N)CN)c1O. The fraction of sp³-hybridized carbons (Fsp3) is 0.444. The van der Waals surface area contributed by atoms with Crippen LogP contribution in [0, 0.1) is 6.92 Å². The predicted molar refractivity (Wildman–Crippen MR) is 52.5 cm³/mol. The van der Waals surface area contributed by atoms with E-state index in [1.807, 2.05) is 0 Å². The van der Waals surface area contributed by atoms with Gasteiger partial charge in [-0.05, 0) is 6.92 Å². The fourth-order valence-electron chi connectivity index (χ4n) is 1.31. The number of aliphatic hydroxyl groups is 1. The summed E-state index contributed by atoms with van der Waals surface area (Å²) >= 11 is 0. The van der Waals surface area contributed by atoms with E-state index in [9.17, 15) is 5.11 Å². The highest BCUT2D eigenvalue weighted by molar-refractivity contribution is 5.42. The molecule has 0 unspecified atom stereocenters. The van der Waals surface area contributed by atoms with Gasteiger partial charge in [0.2, 0.25) is 0 Å². The van der Waals surface area contributed by atoms with Gasteiger partial charge < -0.3 is 21.7 Å². The summed E-state index contributed by atoms with van der Waals surface area (Å²) in [5, 5.41) is 18.7. The topological polar surface area (TPSA) is 105 Å². The number of aromatic nitrogens is 1. The van der Waals surface area contributed by atoms with Crippen LogP contribution < -0.4 is 11.5 Å². The first-order chi connectivity index (χ1) is 6.61. The molecule has 0 aliphatic heterocycles. The van der Waals surface area contributed by atoms with E-state index < -0.39 is 6.04 Å². The molecular weight excluding hydrogens is 182 g/mol. The van der Waals surface area contributed by atoms with Gasteiger partial charge in [0.05, 0.1) is 12.3 Å². The van der Waals surface area contributed by atoms with Crippen LogP contribution in [-0.2, 0) is 6.61 Å². The van der Waals surface area contributed by atoms with Crippen molar-refractivity contribution in [2.75, 3.05) is 6.54 Å². The van der Waals surface area contributed by atoms with Gasteiger partial charge in [0, 0.05) is 29.9 Å². The summed E-state index contributed by atoms with van der Waals surface area (Å²) in [7, 11) is 0. The molecule has 0 saturated carbocycles. The van der Waals surface area contributed by atoms with Crippen LogP contribution in [0.2, 0.25) is 0 Å². The Morgan fingerprint density at radius 3 is 2.71 bits per heavy atom. The molecule has 0 aliphatic carbocycles. The first kappa shape index (κ1) is 10.9. The zero-order valence-corrected chi connectivity index (χ0v) is 8.07. The van der Waals surface area contributed by atoms with Crippen LogP contribution in [-0.4, -0.2) is 21.7 Å². The normalized spacial score (nSPS) is 12.9. The molecule has 0 saturated heterocycles. The number of rotatable bonds is 3. The summed E-state index contributed by atoms with van der Waals surface area (Å²) in [6.45, 7) is 1.68. The van der Waals surface area contributed by atoms with Crippen molar-refractivity contribution in [2.45, 2.75) is 19.6 Å². The zero-order valence-electron chi connectivity index (χ0n) is 8.07. The minimum absolute atomic E-state index is 0.0227. The van der Waals surface area contributed by atoms with Crippen molar-refractivity contribution in [3.05, 3.63) is 23.0 Å². The number of aliphatic hydroxyl groups excluding tert-OH is 1. The van der Waals surface area contributed by atoms with Crippen molar-refractivity contribution in [3.8, 4) is 5.75 Å². The third-order valence-electron chi connectivity index (χ3n) is 2.15. The molecule has 0 radical (unpaired) electrons. The van der Waals surface area contributed by atoms with Crippen LogP contribution in [0.4, 0.5) is 0 Å². The molecule has 0 amide bonds. The fourth-order valence-corrected chi connectivity index (χ4v) is 1.31. The van der Waals surface area contributed by atoms with E-state index in [1.54, 1.807) is 6.92 Å². The van der Waals surface area contributed by atoms with Crippen LogP contribution >= 0.6 is 0 Å². The van der Waals surface area contributed by atoms with Crippen molar-refractivity contribution >= 4 is 0 Å². The number of hydrogen-bond donors (Lipinski definition) is 4. The maximum atomic E-state index is 9.70. The van der Waals surface area contributed by atoms with Gasteiger partial charge >= 0.3 is 0 Å². The van der Waals surface area contributed by atoms with E-state index in [0.717, 1.165) is 0 Å². The van der Waals surface area contributed by atoms with Gasteiger partial charge in [0.15, 0.2) is 0 Å². The molecule has 0 fully saturated rings. The lowest BCUT2D eigenvalue weighted by Gasteiger charge is -2.16. The molecule has 0 aromatic carbocycles. The molecule has 1 heterocycles. The molecule has 1 rings (SSSR count). The molecular formula is C9H15N3O2. The van der Waals surface area contributed by atoms with Crippen LogP contribution in [0.1, 0.15) is 22.9 Å². The maximum Gasteiger partial charge on any atom is 0.141 e. The number of pyridine rings is 1. The van der Waals surface area contributed by atoms with E-state index in [-0.39, 0.29) is 18.9 Å². The number of hydrogen-bond acceptors (Lipinski definition) is 5. The van der Waals surface area contributed by atoms with Gasteiger partial charge in [-0.15, -0.1) is 0 Å². The van der Waals surface area contributed by atoms with Gasteiger partial charge in [0.25, 0.3) is 0 Å². The monoisotopic (exact) mass is 197 g/mol. The van der Waals surface area contributed by atoms with Crippen LogP contribution in [0.15, 0.2) is 6.20 Å². The third kappa shape index (κ3) is 1.84. The Balaban J connectivity index is 3.27. The quantitative estimate of drug-likeness (QED) is 0.525. The van der Waals surface area contributed by atoms with Gasteiger partial charge in [-0.2, -0.15) is 0 Å². The van der Waals surface area contributed by atoms with Crippen molar-refractivity contribution < 1.29 is 10.2 Å². The summed E-state index contributed by atoms with van der Waals surface area (Å²) in [5.41, 5.74) is 12.6. The second-order valence-electron chi connectivity index (χ2n) is 3.13. The summed E-state index contributed by atoms with van der Waals surface area (Å²) in [6, 6.07) is -0.473. The van der Waals surface area contributed by atoms with Crippen LogP contribution in [0.5, 0.6) is 5.75 Å². The molecule has 1 aromatic heterocycles. The predicted octanol–water partition coefficient (Wildman–Crippen LogP) is -0.454. The number of aryl methyl sites for hydroxylation is 1. The zero-order chi connectivity index (χ0) is 10.7. The molecule has 0 spiro atoms. The summed E-state index contributed by atoms with van der Waals surface area (Å²) in [6.07, 6.45) is 1.50. The van der Waals surface area contributed by atoms with E-state index in [1.165, 1.54) is 6.20 Å². The lowest BCUT2D eigenvalue weighted by atomic mass is 10.0. The number of nitrogens with two attached hydrogens (primary N) is 2. The minimum Gasteiger partial charge on any atom is -0.506 e. The Morgan fingerprint density at radius 2 is 2.21 bits per heavy atom. The standard InChI is InChI=1S/C9H15N3O2/c1-5-9(14)8(7(11)2-10)6(4-13)3-12-5/h3,7,13-14H,2,4,10-11H2,1H3/t7-/m0/s1. The molecule has 78 valence electrons. The molecule has 5 heteroatoms. The Bertz CT molecular complexity index is 328. The average Bonchev–Trinajstić information content (AvgIpc) is 2.20. The summed E-state index contributed by atoms with van der Waals surface area (Å²) in [5.74, 6) is 0.0227. The van der Waals surface area contributed by atoms with Crippen LogP contribution in [0.3, 0.4) is 0 Å². The largest absolute Gasteiger partial charge is 0.506 e. The highest BCUT2D eigenvalue weighted by Gasteiger charge is 2.16. The lowest BCUT2D eigenvalue weighted by molar-refractivity contribution is 0.278. The number of aromatic hydroxyl groups is 1. The molecule has 1 atom stereocenters. The van der Waals surface area contributed by atoms with Crippen LogP contribution in [0.25, 0.3) is 0 Å². The molecule has 1 aromatic rings. The molecule has 0 bridgehead atoms. The minimum atomic E-state index is -0.473. The van der Waals surface area contributed by atoms with Gasteiger partial charge in [-0.25, -0.2) is 0 Å². The maximum absolute atomic E-state index is 9.70.